The van der Waals surface area contributed by atoms with Crippen molar-refractivity contribution in [1.29, 1.82) is 0 Å². The van der Waals surface area contributed by atoms with Gasteiger partial charge in [-0.1, -0.05) is 12.2 Å². The van der Waals surface area contributed by atoms with Crippen LogP contribution in [0, 0.1) is 5.92 Å². The average Bonchev–Trinajstić information content (AvgIpc) is 3.03. The third-order valence-electron chi connectivity index (χ3n) is 4.62. The summed E-state index contributed by atoms with van der Waals surface area (Å²) in [5.74, 6) is 1.47. The number of nitrogens with zero attached hydrogens (tertiary/aromatic N) is 4. The highest BCUT2D eigenvalue weighted by Gasteiger charge is 2.27. The summed E-state index contributed by atoms with van der Waals surface area (Å²) >= 11 is 0. The third kappa shape index (κ3) is 6.66. The molecule has 1 N–H and O–H groups in total. The standard InChI is InChI=1S/C18H33N5O2/c1-15(2)11-19-18(20-12-17(24)21(3)4)23-6-5-16(14-23)13-22-7-9-25-10-8-22/h16H,1,5-14H2,2-4H3,(H,19,20). The van der Waals surface area contributed by atoms with Gasteiger partial charge >= 0.3 is 0 Å². The molecule has 1 atom stereocenters. The normalized spacial score (nSPS) is 22.1. The van der Waals surface area contributed by atoms with Gasteiger partial charge in [0.15, 0.2) is 5.96 Å². The first kappa shape index (κ1) is 19.7. The number of carbonyl (C=O) groups is 1. The SMILES string of the molecule is C=C(C)CNC(=NCC(=O)N(C)C)N1CCC(CN2CCOCC2)C1. The van der Waals surface area contributed by atoms with E-state index in [2.05, 4.69) is 26.7 Å². The zero-order chi connectivity index (χ0) is 18.2. The molecule has 7 heteroatoms. The van der Waals surface area contributed by atoms with E-state index in [0.29, 0.717) is 12.5 Å². The number of carbonyl (C=O) groups excluding carboxylic acids is 1. The highest BCUT2D eigenvalue weighted by Crippen LogP contribution is 2.18. The number of rotatable bonds is 6. The van der Waals surface area contributed by atoms with Crippen LogP contribution in [0.1, 0.15) is 13.3 Å². The van der Waals surface area contributed by atoms with Crippen LogP contribution in [0.2, 0.25) is 0 Å². The van der Waals surface area contributed by atoms with Gasteiger partial charge in [0.05, 0.1) is 13.2 Å². The molecule has 0 aromatic carbocycles. The van der Waals surface area contributed by atoms with E-state index in [9.17, 15) is 4.79 Å². The second kappa shape index (κ2) is 9.77. The van der Waals surface area contributed by atoms with Crippen LogP contribution in [0.5, 0.6) is 0 Å². The fourth-order valence-corrected chi connectivity index (χ4v) is 3.10. The Morgan fingerprint density at radius 3 is 2.68 bits per heavy atom. The Balaban J connectivity index is 1.90. The first-order chi connectivity index (χ1) is 12.0. The molecule has 0 aromatic heterocycles. The summed E-state index contributed by atoms with van der Waals surface area (Å²) in [6.45, 7) is 13.6. The summed E-state index contributed by atoms with van der Waals surface area (Å²) in [5.41, 5.74) is 1.05. The van der Waals surface area contributed by atoms with Gasteiger partial charge < -0.3 is 19.9 Å². The lowest BCUT2D eigenvalue weighted by Crippen LogP contribution is -2.43. The van der Waals surface area contributed by atoms with Gasteiger partial charge in [-0.15, -0.1) is 0 Å². The molecule has 1 amide bonds. The van der Waals surface area contributed by atoms with Crippen LogP contribution in [0.3, 0.4) is 0 Å². The van der Waals surface area contributed by atoms with Crippen LogP contribution in [0.25, 0.3) is 0 Å². The summed E-state index contributed by atoms with van der Waals surface area (Å²) in [5, 5.41) is 3.35. The Morgan fingerprint density at radius 1 is 1.32 bits per heavy atom. The fourth-order valence-electron chi connectivity index (χ4n) is 3.10. The van der Waals surface area contributed by atoms with Gasteiger partial charge in [-0.3, -0.25) is 9.69 Å². The lowest BCUT2D eigenvalue weighted by atomic mass is 10.1. The van der Waals surface area contributed by atoms with Gasteiger partial charge in [0.25, 0.3) is 0 Å². The highest BCUT2D eigenvalue weighted by atomic mass is 16.5. The van der Waals surface area contributed by atoms with Gasteiger partial charge in [0, 0.05) is 53.4 Å². The van der Waals surface area contributed by atoms with Crippen LogP contribution in [0.15, 0.2) is 17.1 Å². The topological polar surface area (TPSA) is 60.4 Å². The minimum atomic E-state index is 0.0127. The Labute approximate surface area is 151 Å². The molecule has 2 saturated heterocycles. The molecule has 2 aliphatic rings. The zero-order valence-corrected chi connectivity index (χ0v) is 16.0. The maximum Gasteiger partial charge on any atom is 0.243 e. The number of hydrogen-bond donors (Lipinski definition) is 1. The predicted octanol–water partition coefficient (Wildman–Crippen LogP) is 0.250. The third-order valence-corrected chi connectivity index (χ3v) is 4.62. The summed E-state index contributed by atoms with van der Waals surface area (Å²) in [6.07, 6.45) is 1.16. The van der Waals surface area contributed by atoms with Crippen LogP contribution >= 0.6 is 0 Å². The van der Waals surface area contributed by atoms with Crippen molar-refractivity contribution in [2.75, 3.05) is 73.1 Å². The molecule has 2 aliphatic heterocycles. The summed E-state index contributed by atoms with van der Waals surface area (Å²) in [6, 6.07) is 0. The maximum absolute atomic E-state index is 11.9. The van der Waals surface area contributed by atoms with Crippen LogP contribution in [0.4, 0.5) is 0 Å². The molecule has 0 aromatic rings. The fraction of sp³-hybridized carbons (Fsp3) is 0.778. The van der Waals surface area contributed by atoms with Crippen molar-refractivity contribution in [3.8, 4) is 0 Å². The maximum atomic E-state index is 11.9. The molecule has 0 bridgehead atoms. The van der Waals surface area contributed by atoms with E-state index in [4.69, 9.17) is 4.74 Å². The van der Waals surface area contributed by atoms with Crippen molar-refractivity contribution >= 4 is 11.9 Å². The molecule has 0 saturated carbocycles. The Hall–Kier alpha value is -1.60. The Morgan fingerprint density at radius 2 is 2.04 bits per heavy atom. The number of morpholine rings is 1. The van der Waals surface area contributed by atoms with Crippen LogP contribution in [-0.4, -0.2) is 99.7 Å². The minimum Gasteiger partial charge on any atom is -0.379 e. The molecule has 2 fully saturated rings. The van der Waals surface area contributed by atoms with Gasteiger partial charge in [-0.05, 0) is 19.3 Å². The zero-order valence-electron chi connectivity index (χ0n) is 16.0. The van der Waals surface area contributed by atoms with Crippen LogP contribution < -0.4 is 5.32 Å². The van der Waals surface area contributed by atoms with Crippen LogP contribution in [-0.2, 0) is 9.53 Å². The lowest BCUT2D eigenvalue weighted by molar-refractivity contribution is -0.127. The highest BCUT2D eigenvalue weighted by molar-refractivity contribution is 5.85. The van der Waals surface area contributed by atoms with E-state index in [1.54, 1.807) is 19.0 Å². The molecule has 0 spiro atoms. The van der Waals surface area contributed by atoms with E-state index >= 15 is 0 Å². The number of guanidine groups is 1. The van der Waals surface area contributed by atoms with Gasteiger partial charge in [-0.2, -0.15) is 0 Å². The number of hydrogen-bond acceptors (Lipinski definition) is 4. The van der Waals surface area contributed by atoms with Crippen molar-refractivity contribution in [3.63, 3.8) is 0 Å². The van der Waals surface area contributed by atoms with Crippen molar-refractivity contribution < 1.29 is 9.53 Å². The quantitative estimate of drug-likeness (QED) is 0.422. The van der Waals surface area contributed by atoms with E-state index in [0.717, 1.165) is 63.9 Å². The molecule has 0 aliphatic carbocycles. The molecule has 25 heavy (non-hydrogen) atoms. The Kier molecular flexibility index (Phi) is 7.71. The minimum absolute atomic E-state index is 0.0127. The van der Waals surface area contributed by atoms with E-state index in [-0.39, 0.29) is 12.5 Å². The Bertz CT molecular complexity index is 486. The first-order valence-electron chi connectivity index (χ1n) is 9.13. The smallest absolute Gasteiger partial charge is 0.243 e. The first-order valence-corrected chi connectivity index (χ1v) is 9.13. The predicted molar refractivity (Wildman–Crippen MR) is 101 cm³/mol. The number of amides is 1. The van der Waals surface area contributed by atoms with E-state index in [1.807, 2.05) is 6.92 Å². The number of likely N-dealkylation sites (tertiary alicyclic amines) is 1. The number of aliphatic imine (C=N–C) groups is 1. The number of nitrogens with one attached hydrogen (secondary N) is 1. The molecule has 2 rings (SSSR count). The van der Waals surface area contributed by atoms with Gasteiger partial charge in [0.1, 0.15) is 6.54 Å². The molecule has 142 valence electrons. The molecule has 1 unspecified atom stereocenters. The second-order valence-corrected chi connectivity index (χ2v) is 7.25. The van der Waals surface area contributed by atoms with Crippen molar-refractivity contribution in [3.05, 3.63) is 12.2 Å². The largest absolute Gasteiger partial charge is 0.379 e. The van der Waals surface area contributed by atoms with E-state index < -0.39 is 0 Å². The van der Waals surface area contributed by atoms with Crippen molar-refractivity contribution in [1.82, 2.24) is 20.0 Å². The molecular weight excluding hydrogens is 318 g/mol. The second-order valence-electron chi connectivity index (χ2n) is 7.25. The molecular formula is C18H33N5O2. The summed E-state index contributed by atoms with van der Waals surface area (Å²) in [4.78, 5) is 22.8. The van der Waals surface area contributed by atoms with Gasteiger partial charge in [0.2, 0.25) is 5.91 Å². The molecule has 2 heterocycles. The molecule has 7 nitrogen and oxygen atoms in total. The molecule has 0 radical (unpaired) electrons. The average molecular weight is 351 g/mol. The van der Waals surface area contributed by atoms with E-state index in [1.165, 1.54) is 0 Å². The number of likely N-dealkylation sites (N-methyl/N-ethyl adjacent to an activating group) is 1. The monoisotopic (exact) mass is 351 g/mol. The van der Waals surface area contributed by atoms with Crippen molar-refractivity contribution in [2.24, 2.45) is 10.9 Å². The number of ether oxygens (including phenoxy) is 1. The summed E-state index contributed by atoms with van der Waals surface area (Å²) in [7, 11) is 3.51. The summed E-state index contributed by atoms with van der Waals surface area (Å²) < 4.78 is 5.43. The lowest BCUT2D eigenvalue weighted by Gasteiger charge is -2.29. The van der Waals surface area contributed by atoms with Gasteiger partial charge in [-0.25, -0.2) is 4.99 Å². The van der Waals surface area contributed by atoms with Crippen molar-refractivity contribution in [2.45, 2.75) is 13.3 Å².